The van der Waals surface area contributed by atoms with Crippen molar-refractivity contribution in [2.75, 3.05) is 13.2 Å². The molecule has 0 unspecified atom stereocenters. The first-order valence-electron chi connectivity index (χ1n) is 7.18. The van der Waals surface area contributed by atoms with Gasteiger partial charge in [0.15, 0.2) is 11.5 Å². The van der Waals surface area contributed by atoms with E-state index >= 15 is 0 Å². The lowest BCUT2D eigenvalue weighted by atomic mass is 10.3. The number of ether oxygens (including phenoxy) is 2. The van der Waals surface area contributed by atoms with E-state index in [1.165, 1.54) is 12.1 Å². The fourth-order valence-electron chi connectivity index (χ4n) is 2.15. The van der Waals surface area contributed by atoms with Crippen LogP contribution in [0.2, 0.25) is 0 Å². The van der Waals surface area contributed by atoms with Crippen LogP contribution in [0.5, 0.6) is 11.5 Å². The Kier molecular flexibility index (Phi) is 4.22. The Hall–Kier alpha value is -2.13. The van der Waals surface area contributed by atoms with Gasteiger partial charge >= 0.3 is 0 Å². The highest BCUT2D eigenvalue weighted by Gasteiger charge is 2.23. The van der Waals surface area contributed by atoms with E-state index < -0.39 is 16.1 Å². The number of hydrogen-bond acceptors (Lipinski definition) is 7. The van der Waals surface area contributed by atoms with E-state index in [9.17, 15) is 8.42 Å². The van der Waals surface area contributed by atoms with Gasteiger partial charge in [-0.2, -0.15) is 4.72 Å². The van der Waals surface area contributed by atoms with Gasteiger partial charge in [-0.1, -0.05) is 0 Å². The molecule has 8 nitrogen and oxygen atoms in total. The van der Waals surface area contributed by atoms with E-state index in [0.717, 1.165) is 6.42 Å². The molecule has 0 fully saturated rings. The third-order valence-corrected chi connectivity index (χ3v) is 4.81. The quantitative estimate of drug-likeness (QED) is 0.902. The molecule has 1 N–H and O–H groups in total. The van der Waals surface area contributed by atoms with E-state index in [-0.39, 0.29) is 10.8 Å². The van der Waals surface area contributed by atoms with Crippen LogP contribution in [0.3, 0.4) is 0 Å². The van der Waals surface area contributed by atoms with Crippen molar-refractivity contribution in [1.82, 2.24) is 14.9 Å². The van der Waals surface area contributed by atoms with Gasteiger partial charge in [0, 0.05) is 19.4 Å². The molecule has 3 rings (SSSR count). The highest BCUT2D eigenvalue weighted by molar-refractivity contribution is 7.89. The summed E-state index contributed by atoms with van der Waals surface area (Å²) in [5, 5.41) is 7.51. The van der Waals surface area contributed by atoms with Crippen LogP contribution in [-0.4, -0.2) is 31.8 Å². The smallest absolute Gasteiger partial charge is 0.241 e. The summed E-state index contributed by atoms with van der Waals surface area (Å²) >= 11 is 0. The summed E-state index contributed by atoms with van der Waals surface area (Å²) in [5.74, 6) is 1.55. The van der Waals surface area contributed by atoms with Gasteiger partial charge < -0.3 is 13.9 Å². The molecule has 9 heteroatoms. The fourth-order valence-corrected chi connectivity index (χ4v) is 3.36. The van der Waals surface area contributed by atoms with E-state index in [2.05, 4.69) is 14.9 Å². The molecule has 23 heavy (non-hydrogen) atoms. The molecule has 0 amide bonds. The molecule has 0 saturated heterocycles. The number of fused-ring (bicyclic) bond motifs is 1. The van der Waals surface area contributed by atoms with Crippen LogP contribution < -0.4 is 14.2 Å². The van der Waals surface area contributed by atoms with Crippen molar-refractivity contribution >= 4 is 10.0 Å². The summed E-state index contributed by atoms with van der Waals surface area (Å²) in [7, 11) is -3.76. The maximum Gasteiger partial charge on any atom is 0.241 e. The molecule has 2 aromatic rings. The Morgan fingerprint density at radius 3 is 2.61 bits per heavy atom. The van der Waals surface area contributed by atoms with Gasteiger partial charge in [-0.15, -0.1) is 10.2 Å². The second-order valence-corrected chi connectivity index (χ2v) is 6.88. The summed E-state index contributed by atoms with van der Waals surface area (Å²) in [4.78, 5) is 0.0878. The first kappa shape index (κ1) is 15.8. The van der Waals surface area contributed by atoms with Gasteiger partial charge in [0.25, 0.3) is 0 Å². The van der Waals surface area contributed by atoms with Crippen molar-refractivity contribution in [1.29, 1.82) is 0 Å². The Morgan fingerprint density at radius 1 is 1.17 bits per heavy atom. The molecule has 1 aromatic heterocycles. The molecule has 124 valence electrons. The number of hydrogen-bond donors (Lipinski definition) is 1. The molecule has 1 atom stereocenters. The standard InChI is InChI=1S/C14H17N3O5S/c1-9(14-16-15-10(2)22-14)17-23(18,19)11-4-5-12-13(8-11)21-7-3-6-20-12/h4-5,8-9,17H,3,6-7H2,1-2H3/t9-/m1/s1. The average Bonchev–Trinajstić information content (AvgIpc) is 2.81. The Bertz CT molecular complexity index is 802. The minimum absolute atomic E-state index is 0.0878. The Labute approximate surface area is 133 Å². The van der Waals surface area contributed by atoms with Gasteiger partial charge in [-0.05, 0) is 19.1 Å². The Morgan fingerprint density at radius 2 is 1.91 bits per heavy atom. The van der Waals surface area contributed by atoms with E-state index in [0.29, 0.717) is 30.6 Å². The van der Waals surface area contributed by atoms with Crippen LogP contribution in [0, 0.1) is 6.92 Å². The predicted molar refractivity (Wildman–Crippen MR) is 79.8 cm³/mol. The van der Waals surface area contributed by atoms with E-state index in [1.807, 2.05) is 0 Å². The number of aromatic nitrogens is 2. The number of nitrogens with one attached hydrogen (secondary N) is 1. The number of rotatable bonds is 4. The molecule has 0 aliphatic carbocycles. The minimum atomic E-state index is -3.76. The number of sulfonamides is 1. The van der Waals surface area contributed by atoms with Gasteiger partial charge in [0.2, 0.25) is 21.8 Å². The monoisotopic (exact) mass is 339 g/mol. The van der Waals surface area contributed by atoms with E-state index in [1.54, 1.807) is 19.9 Å². The first-order valence-corrected chi connectivity index (χ1v) is 8.66. The summed E-state index contributed by atoms with van der Waals surface area (Å²) in [6.45, 7) is 4.31. The van der Waals surface area contributed by atoms with Gasteiger partial charge in [-0.25, -0.2) is 8.42 Å². The molecular weight excluding hydrogens is 322 g/mol. The molecular formula is C14H17N3O5S. The predicted octanol–water partition coefficient (Wildman–Crippen LogP) is 1.58. The molecule has 2 heterocycles. The minimum Gasteiger partial charge on any atom is -0.490 e. The van der Waals surface area contributed by atoms with Gasteiger partial charge in [0.1, 0.15) is 0 Å². The topological polar surface area (TPSA) is 104 Å². The van der Waals surface area contributed by atoms with Crippen LogP contribution in [0.4, 0.5) is 0 Å². The van der Waals surface area contributed by atoms with Crippen molar-refractivity contribution < 1.29 is 22.3 Å². The first-order chi connectivity index (χ1) is 11.0. The lowest BCUT2D eigenvalue weighted by Gasteiger charge is -2.13. The summed E-state index contributed by atoms with van der Waals surface area (Å²) in [6.07, 6.45) is 0.753. The van der Waals surface area contributed by atoms with Crippen molar-refractivity contribution in [3.8, 4) is 11.5 Å². The molecule has 1 aliphatic heterocycles. The average molecular weight is 339 g/mol. The largest absolute Gasteiger partial charge is 0.490 e. The van der Waals surface area contributed by atoms with Crippen LogP contribution in [0.25, 0.3) is 0 Å². The SMILES string of the molecule is Cc1nnc([C@@H](C)NS(=O)(=O)c2ccc3c(c2)OCCCO3)o1. The van der Waals surface area contributed by atoms with Gasteiger partial charge in [0.05, 0.1) is 24.2 Å². The molecule has 0 bridgehead atoms. The number of aryl methyl sites for hydroxylation is 1. The third kappa shape index (κ3) is 3.45. The lowest BCUT2D eigenvalue weighted by Crippen LogP contribution is -2.27. The highest BCUT2D eigenvalue weighted by Crippen LogP contribution is 2.32. The fraction of sp³-hybridized carbons (Fsp3) is 0.429. The maximum absolute atomic E-state index is 12.5. The molecule has 0 saturated carbocycles. The van der Waals surface area contributed by atoms with Crippen molar-refractivity contribution in [3.63, 3.8) is 0 Å². The summed E-state index contributed by atoms with van der Waals surface area (Å²) < 4.78 is 43.8. The highest BCUT2D eigenvalue weighted by atomic mass is 32.2. The number of nitrogens with zero attached hydrogens (tertiary/aromatic N) is 2. The molecule has 1 aliphatic rings. The van der Waals surface area contributed by atoms with Crippen LogP contribution in [-0.2, 0) is 10.0 Å². The second-order valence-electron chi connectivity index (χ2n) is 5.16. The van der Waals surface area contributed by atoms with E-state index in [4.69, 9.17) is 13.9 Å². The number of benzene rings is 1. The lowest BCUT2D eigenvalue weighted by molar-refractivity contribution is 0.297. The summed E-state index contributed by atoms with van der Waals surface area (Å²) in [5.41, 5.74) is 0. The van der Waals surface area contributed by atoms with Crippen LogP contribution in [0.15, 0.2) is 27.5 Å². The second kappa shape index (κ2) is 6.17. The van der Waals surface area contributed by atoms with Crippen molar-refractivity contribution in [2.45, 2.75) is 31.2 Å². The Balaban J connectivity index is 1.83. The molecule has 0 spiro atoms. The zero-order valence-electron chi connectivity index (χ0n) is 12.8. The van der Waals surface area contributed by atoms with Crippen molar-refractivity contribution in [2.24, 2.45) is 0 Å². The third-order valence-electron chi connectivity index (χ3n) is 3.27. The van der Waals surface area contributed by atoms with Crippen LogP contribution >= 0.6 is 0 Å². The van der Waals surface area contributed by atoms with Gasteiger partial charge in [-0.3, -0.25) is 0 Å². The molecule has 0 radical (unpaired) electrons. The van der Waals surface area contributed by atoms with Crippen LogP contribution in [0.1, 0.15) is 31.2 Å². The maximum atomic E-state index is 12.5. The normalized spacial score (nSPS) is 15.9. The zero-order chi connectivity index (χ0) is 16.4. The summed E-state index contributed by atoms with van der Waals surface area (Å²) in [6, 6.07) is 3.88. The molecule has 1 aromatic carbocycles. The van der Waals surface area contributed by atoms with Crippen molar-refractivity contribution in [3.05, 3.63) is 30.0 Å². The zero-order valence-corrected chi connectivity index (χ0v) is 13.6.